The molecule has 7 rings (SSSR count). The summed E-state index contributed by atoms with van der Waals surface area (Å²) in [7, 11) is 0. The van der Waals surface area contributed by atoms with Gasteiger partial charge in [0, 0.05) is 32.6 Å². The van der Waals surface area contributed by atoms with Crippen LogP contribution in [0.2, 0.25) is 0 Å². The summed E-state index contributed by atoms with van der Waals surface area (Å²) in [5, 5.41) is 2.25. The third kappa shape index (κ3) is 2.49. The van der Waals surface area contributed by atoms with Crippen LogP contribution < -0.4 is 15.2 Å². The molecule has 4 aliphatic rings. The molecule has 158 valence electrons. The van der Waals surface area contributed by atoms with E-state index >= 15 is 0 Å². The number of carbonyl (C=O) groups excluding carboxylic acids is 1. The number of hydrogen-bond acceptors (Lipinski definition) is 3. The van der Waals surface area contributed by atoms with E-state index in [0.717, 1.165) is 39.5 Å². The first-order chi connectivity index (χ1) is 16.3. The van der Waals surface area contributed by atoms with Gasteiger partial charge in [-0.25, -0.2) is 0 Å². The van der Waals surface area contributed by atoms with Gasteiger partial charge in [-0.3, -0.25) is 4.79 Å². The maximum Gasteiger partial charge on any atom is 0.187 e. The summed E-state index contributed by atoms with van der Waals surface area (Å²) in [6.07, 6.45) is 12.5. The van der Waals surface area contributed by atoms with Gasteiger partial charge >= 0.3 is 0 Å². The van der Waals surface area contributed by atoms with Crippen LogP contribution in [0.5, 0.6) is 5.75 Å². The van der Waals surface area contributed by atoms with Crippen molar-refractivity contribution >= 4 is 29.2 Å². The Hall–Kier alpha value is -3.56. The van der Waals surface area contributed by atoms with Gasteiger partial charge in [-0.05, 0) is 46.6 Å². The number of hydrogen-bond donors (Lipinski definition) is 0. The molecule has 2 heterocycles. The number of carbonyl (C=O) groups is 1. The molecule has 0 spiro atoms. The summed E-state index contributed by atoms with van der Waals surface area (Å²) in [6.45, 7) is 0. The van der Waals surface area contributed by atoms with Crippen LogP contribution in [0, 0.1) is 0 Å². The van der Waals surface area contributed by atoms with Gasteiger partial charge < -0.3 is 4.74 Å². The molecule has 2 aliphatic heterocycles. The molecule has 3 heteroatoms. The molecule has 0 fully saturated rings. The average molecular weight is 445 g/mol. The van der Waals surface area contributed by atoms with Crippen LogP contribution in [0.1, 0.15) is 22.3 Å². The van der Waals surface area contributed by atoms with Gasteiger partial charge in [-0.1, -0.05) is 72.8 Å². The third-order valence-corrected chi connectivity index (χ3v) is 8.43. The lowest BCUT2D eigenvalue weighted by Gasteiger charge is -2.33. The minimum Gasteiger partial charge on any atom is -0.465 e. The quantitative estimate of drug-likeness (QED) is 0.579. The molecule has 2 aliphatic carbocycles. The molecule has 2 nitrogen and oxygen atoms in total. The largest absolute Gasteiger partial charge is 0.465 e. The Kier molecular flexibility index (Phi) is 4.00. The molecule has 3 aromatic rings. The van der Waals surface area contributed by atoms with Crippen molar-refractivity contribution in [2.75, 3.05) is 5.75 Å². The zero-order valence-electron chi connectivity index (χ0n) is 17.9. The summed E-state index contributed by atoms with van der Waals surface area (Å²) < 4.78 is 6.33. The van der Waals surface area contributed by atoms with Gasteiger partial charge in [0.25, 0.3) is 0 Å². The third-order valence-electron chi connectivity index (χ3n) is 7.16. The smallest absolute Gasteiger partial charge is 0.187 e. The number of fused-ring (bicyclic) bond motifs is 7. The highest BCUT2D eigenvalue weighted by atomic mass is 32.2. The number of rotatable bonds is 2. The normalized spacial score (nSPS) is 18.6. The van der Waals surface area contributed by atoms with Crippen LogP contribution in [0.15, 0.2) is 102 Å². The topological polar surface area (TPSA) is 26.3 Å². The van der Waals surface area contributed by atoms with Gasteiger partial charge in [0.1, 0.15) is 5.75 Å². The van der Waals surface area contributed by atoms with E-state index in [9.17, 15) is 4.79 Å². The van der Waals surface area contributed by atoms with E-state index in [4.69, 9.17) is 4.74 Å². The fourth-order valence-electron chi connectivity index (χ4n) is 5.74. The highest BCUT2D eigenvalue weighted by Crippen LogP contribution is 2.55. The number of ketones is 1. The Bertz CT molecular complexity index is 1520. The van der Waals surface area contributed by atoms with E-state index < -0.39 is 0 Å². The van der Waals surface area contributed by atoms with E-state index in [2.05, 4.69) is 78.9 Å². The van der Waals surface area contributed by atoms with E-state index in [0.29, 0.717) is 0 Å². The van der Waals surface area contributed by atoms with E-state index in [1.165, 1.54) is 27.1 Å². The summed E-state index contributed by atoms with van der Waals surface area (Å²) in [6, 6.07) is 21.5. The minimum absolute atomic E-state index is 0.0921. The van der Waals surface area contributed by atoms with Crippen LogP contribution >= 0.6 is 11.8 Å². The Morgan fingerprint density at radius 2 is 1.67 bits per heavy atom. The number of allylic oxidation sites excluding steroid dienone is 5. The first-order valence-corrected chi connectivity index (χ1v) is 12.2. The highest BCUT2D eigenvalue weighted by Gasteiger charge is 2.47. The summed E-state index contributed by atoms with van der Waals surface area (Å²) >= 11 is 1.85. The molecule has 0 saturated carbocycles. The monoisotopic (exact) mass is 444 g/mol. The second-order valence-electron chi connectivity index (χ2n) is 8.79. The molecule has 0 radical (unpaired) electrons. The maximum atomic E-state index is 13.1. The zero-order chi connectivity index (χ0) is 22.0. The van der Waals surface area contributed by atoms with E-state index in [1.807, 2.05) is 24.1 Å². The standard InChI is InChI=1S/C30H20O2S/c31-24-15-7-9-19-17-23-22-14-8-16-32-28(22)27-29(26(23)25(19)24)33-18-30(27,20-10-3-1-4-11-20)21-12-5-2-6-13-21/h1-13,15-17H,14,18H2. The molecule has 0 aromatic heterocycles. The van der Waals surface area contributed by atoms with Crippen molar-refractivity contribution < 1.29 is 9.53 Å². The van der Waals surface area contributed by atoms with Crippen LogP contribution in [0.3, 0.4) is 0 Å². The molecule has 3 aromatic carbocycles. The van der Waals surface area contributed by atoms with Crippen molar-refractivity contribution in [3.05, 3.63) is 129 Å². The van der Waals surface area contributed by atoms with Gasteiger partial charge in [0.15, 0.2) is 5.78 Å². The lowest BCUT2D eigenvalue weighted by atomic mass is 9.70. The van der Waals surface area contributed by atoms with E-state index in [-0.39, 0.29) is 11.2 Å². The molecule has 33 heavy (non-hydrogen) atoms. The lowest BCUT2D eigenvalue weighted by molar-refractivity contribution is -0.109. The molecule has 0 bridgehead atoms. The lowest BCUT2D eigenvalue weighted by Crippen LogP contribution is -2.36. The molecule has 0 atom stereocenters. The first kappa shape index (κ1) is 19.0. The van der Waals surface area contributed by atoms with Crippen LogP contribution in [0.4, 0.5) is 0 Å². The Balaban J connectivity index is 1.68. The fourth-order valence-corrected chi connectivity index (χ4v) is 7.35. The van der Waals surface area contributed by atoms with Crippen LogP contribution in [-0.4, -0.2) is 11.5 Å². The zero-order valence-corrected chi connectivity index (χ0v) is 18.7. The molecule has 0 saturated heterocycles. The molecular weight excluding hydrogens is 424 g/mol. The highest BCUT2D eigenvalue weighted by molar-refractivity contribution is 7.99. The van der Waals surface area contributed by atoms with Crippen molar-refractivity contribution in [1.29, 1.82) is 0 Å². The molecular formula is C30H20O2S. The predicted molar refractivity (Wildman–Crippen MR) is 133 cm³/mol. The van der Waals surface area contributed by atoms with Gasteiger partial charge in [0.05, 0.1) is 11.7 Å². The summed E-state index contributed by atoms with van der Waals surface area (Å²) in [5.41, 5.74) is 6.38. The Morgan fingerprint density at radius 3 is 2.39 bits per heavy atom. The van der Waals surface area contributed by atoms with Crippen molar-refractivity contribution in [3.8, 4) is 5.75 Å². The van der Waals surface area contributed by atoms with Gasteiger partial charge in [0.2, 0.25) is 0 Å². The molecule has 0 N–H and O–H groups in total. The predicted octanol–water partition coefficient (Wildman–Crippen LogP) is 4.59. The Morgan fingerprint density at radius 1 is 0.939 bits per heavy atom. The van der Waals surface area contributed by atoms with E-state index in [1.54, 1.807) is 6.08 Å². The van der Waals surface area contributed by atoms with Gasteiger partial charge in [-0.2, -0.15) is 0 Å². The second kappa shape index (κ2) is 6.97. The van der Waals surface area contributed by atoms with Crippen molar-refractivity contribution in [2.24, 2.45) is 0 Å². The van der Waals surface area contributed by atoms with Crippen molar-refractivity contribution in [1.82, 2.24) is 0 Å². The Labute approximate surface area is 196 Å². The van der Waals surface area contributed by atoms with Crippen molar-refractivity contribution in [2.45, 2.75) is 16.7 Å². The molecule has 0 unspecified atom stereocenters. The fraction of sp³-hybridized carbons (Fsp3) is 0.100. The minimum atomic E-state index is -0.354. The first-order valence-electron chi connectivity index (χ1n) is 11.2. The van der Waals surface area contributed by atoms with Crippen LogP contribution in [-0.2, 0) is 16.6 Å². The van der Waals surface area contributed by atoms with Crippen LogP contribution in [0.25, 0.3) is 11.6 Å². The molecule has 0 amide bonds. The average Bonchev–Trinajstić information content (AvgIpc) is 3.46. The van der Waals surface area contributed by atoms with Gasteiger partial charge in [-0.15, -0.1) is 11.8 Å². The number of thioether (sulfide) groups is 1. The number of benzene rings is 3. The number of ether oxygens (including phenoxy) is 1. The summed E-state index contributed by atoms with van der Waals surface area (Å²) in [5.74, 6) is 1.91. The SMILES string of the molecule is O=C1C=CC=C2C=c3c4c(c5c(c3=C12)SCC5(c1ccccc1)c1ccccc1)OC=CC4. The second-order valence-corrected chi connectivity index (χ2v) is 9.77. The van der Waals surface area contributed by atoms with Crippen molar-refractivity contribution in [3.63, 3.8) is 0 Å². The maximum absolute atomic E-state index is 13.1. The summed E-state index contributed by atoms with van der Waals surface area (Å²) in [4.78, 5) is 14.3.